The number of hydrogen-bond donors (Lipinski definition) is 2. The summed E-state index contributed by atoms with van der Waals surface area (Å²) in [4.78, 5) is 39.8. The fourth-order valence-electron chi connectivity index (χ4n) is 4.24. The Morgan fingerprint density at radius 1 is 0.972 bits per heavy atom. The molecule has 1 saturated heterocycles. The number of aliphatic hydroxyl groups is 1. The van der Waals surface area contributed by atoms with Crippen molar-refractivity contribution in [3.63, 3.8) is 0 Å². The highest BCUT2D eigenvalue weighted by Crippen LogP contribution is 2.43. The molecule has 1 amide bonds. The Kier molecular flexibility index (Phi) is 5.81. The molecule has 0 bridgehead atoms. The van der Waals surface area contributed by atoms with Crippen LogP contribution in [0.3, 0.4) is 0 Å². The van der Waals surface area contributed by atoms with Crippen molar-refractivity contribution in [3.8, 4) is 17.2 Å². The average molecular weight is 487 g/mol. The van der Waals surface area contributed by atoms with Gasteiger partial charge in [0.25, 0.3) is 11.7 Å². The largest absolute Gasteiger partial charge is 0.508 e. The number of aliphatic hydroxyl groups excluding tert-OH is 1. The van der Waals surface area contributed by atoms with Crippen LogP contribution in [0.25, 0.3) is 5.76 Å². The highest BCUT2D eigenvalue weighted by molar-refractivity contribution is 6.51. The number of rotatable bonds is 5. The number of ketones is 1. The first-order chi connectivity index (χ1) is 17.4. The molecule has 9 nitrogen and oxygen atoms in total. The molecule has 0 aromatic heterocycles. The van der Waals surface area contributed by atoms with Crippen LogP contribution in [-0.2, 0) is 14.3 Å². The fraction of sp³-hybridized carbons (Fsp3) is 0.148. The van der Waals surface area contributed by atoms with Crippen molar-refractivity contribution in [2.45, 2.75) is 13.0 Å². The van der Waals surface area contributed by atoms with Crippen molar-refractivity contribution in [2.75, 3.05) is 18.3 Å². The molecule has 1 fully saturated rings. The van der Waals surface area contributed by atoms with Gasteiger partial charge in [-0.3, -0.25) is 14.5 Å². The maximum Gasteiger partial charge on any atom is 0.338 e. The molecular formula is C27H21NO8. The molecule has 2 aliphatic rings. The Morgan fingerprint density at radius 3 is 2.33 bits per heavy atom. The zero-order valence-electron chi connectivity index (χ0n) is 19.1. The zero-order valence-corrected chi connectivity index (χ0v) is 19.1. The van der Waals surface area contributed by atoms with Crippen LogP contribution in [0.5, 0.6) is 17.2 Å². The molecule has 0 radical (unpaired) electrons. The van der Waals surface area contributed by atoms with Gasteiger partial charge in [-0.05, 0) is 67.1 Å². The monoisotopic (exact) mass is 487 g/mol. The maximum atomic E-state index is 13.3. The first kappa shape index (κ1) is 23.0. The van der Waals surface area contributed by atoms with Gasteiger partial charge in [0, 0.05) is 11.3 Å². The minimum absolute atomic E-state index is 0.00487. The maximum absolute atomic E-state index is 13.3. The number of phenolic OH excluding ortho intramolecular Hbond substituents is 1. The summed E-state index contributed by atoms with van der Waals surface area (Å²) >= 11 is 0. The molecule has 36 heavy (non-hydrogen) atoms. The van der Waals surface area contributed by atoms with E-state index in [9.17, 15) is 24.6 Å². The third-order valence-corrected chi connectivity index (χ3v) is 5.96. The Bertz CT molecular complexity index is 1390. The highest BCUT2D eigenvalue weighted by atomic mass is 16.7. The number of Topliss-reactive ketones (excluding diaryl/α,β-unsaturated/α-hetero) is 1. The summed E-state index contributed by atoms with van der Waals surface area (Å²) in [7, 11) is 0. The van der Waals surface area contributed by atoms with E-state index in [1.54, 1.807) is 31.2 Å². The van der Waals surface area contributed by atoms with Gasteiger partial charge >= 0.3 is 5.97 Å². The molecular weight excluding hydrogens is 466 g/mol. The van der Waals surface area contributed by atoms with Crippen molar-refractivity contribution in [3.05, 3.63) is 89.0 Å². The number of anilines is 1. The Labute approximate surface area is 205 Å². The first-order valence-corrected chi connectivity index (χ1v) is 11.2. The predicted octanol–water partition coefficient (Wildman–Crippen LogP) is 3.92. The number of aromatic hydroxyl groups is 1. The van der Waals surface area contributed by atoms with Gasteiger partial charge in [-0.15, -0.1) is 0 Å². The van der Waals surface area contributed by atoms with Crippen LogP contribution in [0.15, 0.2) is 72.3 Å². The SMILES string of the molecule is CCOC(=O)c1ccc(N2C(=O)C(=O)/C(=C(\O)c3ccc4c(c3)OCO4)C2c2ccc(O)cc2)cc1. The lowest BCUT2D eigenvalue weighted by molar-refractivity contribution is -0.132. The molecule has 1 atom stereocenters. The van der Waals surface area contributed by atoms with Crippen LogP contribution in [-0.4, -0.2) is 41.3 Å². The second-order valence-electron chi connectivity index (χ2n) is 8.10. The number of nitrogens with zero attached hydrogens (tertiary/aromatic N) is 1. The van der Waals surface area contributed by atoms with E-state index in [1.807, 2.05) is 0 Å². The van der Waals surface area contributed by atoms with E-state index in [1.165, 1.54) is 47.4 Å². The summed E-state index contributed by atoms with van der Waals surface area (Å²) < 4.78 is 15.7. The molecule has 182 valence electrons. The lowest BCUT2D eigenvalue weighted by Gasteiger charge is -2.25. The quantitative estimate of drug-likeness (QED) is 0.240. The molecule has 3 aromatic rings. The summed E-state index contributed by atoms with van der Waals surface area (Å²) in [6.07, 6.45) is 0. The van der Waals surface area contributed by atoms with E-state index in [-0.39, 0.29) is 36.0 Å². The number of ether oxygens (including phenoxy) is 3. The highest BCUT2D eigenvalue weighted by Gasteiger charge is 2.47. The normalized spacial score (nSPS) is 17.9. The molecule has 0 aliphatic carbocycles. The van der Waals surface area contributed by atoms with Gasteiger partial charge < -0.3 is 24.4 Å². The predicted molar refractivity (Wildman–Crippen MR) is 128 cm³/mol. The number of amides is 1. The summed E-state index contributed by atoms with van der Waals surface area (Å²) in [6.45, 7) is 1.96. The second kappa shape index (κ2) is 9.10. The van der Waals surface area contributed by atoms with Crippen LogP contribution in [0.2, 0.25) is 0 Å². The van der Waals surface area contributed by atoms with E-state index >= 15 is 0 Å². The van der Waals surface area contributed by atoms with E-state index in [2.05, 4.69) is 0 Å². The molecule has 2 heterocycles. The minimum Gasteiger partial charge on any atom is -0.508 e. The summed E-state index contributed by atoms with van der Waals surface area (Å²) in [5.74, 6) is -1.70. The van der Waals surface area contributed by atoms with Crippen LogP contribution in [0.1, 0.15) is 34.5 Å². The first-order valence-electron chi connectivity index (χ1n) is 11.2. The molecule has 2 N–H and O–H groups in total. The van der Waals surface area contributed by atoms with E-state index < -0.39 is 23.7 Å². The summed E-state index contributed by atoms with van der Waals surface area (Å²) in [6, 6.07) is 15.8. The molecule has 0 spiro atoms. The minimum atomic E-state index is -0.996. The van der Waals surface area contributed by atoms with Gasteiger partial charge in [-0.2, -0.15) is 0 Å². The number of esters is 1. The number of phenols is 1. The van der Waals surface area contributed by atoms with E-state index in [0.29, 0.717) is 28.3 Å². The number of benzene rings is 3. The molecule has 5 rings (SSSR count). The van der Waals surface area contributed by atoms with Crippen LogP contribution >= 0.6 is 0 Å². The van der Waals surface area contributed by atoms with Crippen molar-refractivity contribution < 1.29 is 38.8 Å². The van der Waals surface area contributed by atoms with Crippen molar-refractivity contribution in [2.24, 2.45) is 0 Å². The van der Waals surface area contributed by atoms with Gasteiger partial charge in [0.2, 0.25) is 6.79 Å². The molecule has 1 unspecified atom stereocenters. The smallest absolute Gasteiger partial charge is 0.338 e. The van der Waals surface area contributed by atoms with Gasteiger partial charge in [0.15, 0.2) is 11.5 Å². The molecule has 2 aliphatic heterocycles. The Morgan fingerprint density at radius 2 is 1.64 bits per heavy atom. The third-order valence-electron chi connectivity index (χ3n) is 5.96. The average Bonchev–Trinajstić information content (AvgIpc) is 3.46. The molecule has 0 saturated carbocycles. The van der Waals surface area contributed by atoms with Crippen molar-refractivity contribution in [1.29, 1.82) is 0 Å². The summed E-state index contributed by atoms with van der Waals surface area (Å²) in [5, 5.41) is 21.0. The van der Waals surface area contributed by atoms with E-state index in [4.69, 9.17) is 14.2 Å². The lowest BCUT2D eigenvalue weighted by Crippen LogP contribution is -2.29. The topological polar surface area (TPSA) is 123 Å². The molecule has 3 aromatic carbocycles. The Balaban J connectivity index is 1.63. The number of fused-ring (bicyclic) bond motifs is 1. The number of carbonyl (C=O) groups excluding carboxylic acids is 3. The fourth-order valence-corrected chi connectivity index (χ4v) is 4.24. The zero-order chi connectivity index (χ0) is 25.4. The number of carbonyl (C=O) groups is 3. The number of hydrogen-bond acceptors (Lipinski definition) is 8. The summed E-state index contributed by atoms with van der Waals surface area (Å²) in [5.41, 5.74) is 1.27. The van der Waals surface area contributed by atoms with Crippen LogP contribution < -0.4 is 14.4 Å². The Hall–Kier alpha value is -4.79. The van der Waals surface area contributed by atoms with Gasteiger partial charge in [-0.1, -0.05) is 12.1 Å². The van der Waals surface area contributed by atoms with Crippen molar-refractivity contribution >= 4 is 29.1 Å². The lowest BCUT2D eigenvalue weighted by atomic mass is 9.95. The van der Waals surface area contributed by atoms with Crippen molar-refractivity contribution in [1.82, 2.24) is 0 Å². The standard InChI is InChI=1S/C27H21NO8/c1-2-34-27(33)16-3-8-18(9-4-16)28-23(15-5-10-19(29)11-6-15)22(25(31)26(28)32)24(30)17-7-12-20-21(13-17)36-14-35-20/h3-13,23,29-30H,2,14H2,1H3/b24-22-. The molecule has 9 heteroatoms. The van der Waals surface area contributed by atoms with Crippen LogP contribution in [0.4, 0.5) is 5.69 Å². The second-order valence-corrected chi connectivity index (χ2v) is 8.10. The van der Waals surface area contributed by atoms with E-state index in [0.717, 1.165) is 0 Å². The van der Waals surface area contributed by atoms with Crippen LogP contribution in [0, 0.1) is 0 Å². The van der Waals surface area contributed by atoms with Gasteiger partial charge in [0.05, 0.1) is 23.8 Å². The van der Waals surface area contributed by atoms with Gasteiger partial charge in [-0.25, -0.2) is 4.79 Å². The van der Waals surface area contributed by atoms with Gasteiger partial charge in [0.1, 0.15) is 11.5 Å². The third kappa shape index (κ3) is 3.90.